The van der Waals surface area contributed by atoms with Gasteiger partial charge in [-0.05, 0) is 43.0 Å². The van der Waals surface area contributed by atoms with E-state index in [1.54, 1.807) is 14.0 Å². The molecule has 1 rings (SSSR count). The van der Waals surface area contributed by atoms with Crippen molar-refractivity contribution in [3.8, 4) is 5.75 Å². The largest absolute Gasteiger partial charge is 0.496 e. The topological polar surface area (TPSA) is 38.3 Å². The van der Waals surface area contributed by atoms with Gasteiger partial charge in [0, 0.05) is 0 Å². The lowest BCUT2D eigenvalue weighted by molar-refractivity contribution is -0.116. The number of ketones is 1. The Balaban J connectivity index is 2.62. The van der Waals surface area contributed by atoms with E-state index < -0.39 is 0 Å². The van der Waals surface area contributed by atoms with Crippen LogP contribution in [0.25, 0.3) is 0 Å². The summed E-state index contributed by atoms with van der Waals surface area (Å²) in [6.45, 7) is 7.15. The number of carbonyl (C=O) groups is 1. The highest BCUT2D eigenvalue weighted by Crippen LogP contribution is 2.24. The number of rotatable bonds is 7. The number of methoxy groups -OCH3 is 1. The third-order valence-electron chi connectivity index (χ3n) is 2.92. The standard InChI is InChI=1S/C15H23NO2/c1-11(2)14-6-5-13(15(9-14)18-4)7-8-16-10-12(3)17/h5-6,9,11,16H,7-8,10H2,1-4H3. The summed E-state index contributed by atoms with van der Waals surface area (Å²) in [4.78, 5) is 10.8. The van der Waals surface area contributed by atoms with Crippen LogP contribution < -0.4 is 10.1 Å². The van der Waals surface area contributed by atoms with E-state index in [2.05, 4.69) is 37.4 Å². The van der Waals surface area contributed by atoms with Gasteiger partial charge in [0.05, 0.1) is 13.7 Å². The van der Waals surface area contributed by atoms with Gasteiger partial charge in [-0.25, -0.2) is 0 Å². The Morgan fingerprint density at radius 1 is 1.39 bits per heavy atom. The summed E-state index contributed by atoms with van der Waals surface area (Å²) in [6.07, 6.45) is 0.870. The van der Waals surface area contributed by atoms with Gasteiger partial charge in [-0.1, -0.05) is 26.0 Å². The van der Waals surface area contributed by atoms with E-state index in [1.165, 1.54) is 11.1 Å². The van der Waals surface area contributed by atoms with Crippen LogP contribution in [0.3, 0.4) is 0 Å². The van der Waals surface area contributed by atoms with Crippen LogP contribution in [0.5, 0.6) is 5.75 Å². The summed E-state index contributed by atoms with van der Waals surface area (Å²) in [5.41, 5.74) is 2.46. The van der Waals surface area contributed by atoms with Gasteiger partial charge >= 0.3 is 0 Å². The fraction of sp³-hybridized carbons (Fsp3) is 0.533. The Labute approximate surface area is 110 Å². The highest BCUT2D eigenvalue weighted by Gasteiger charge is 2.06. The minimum atomic E-state index is 0.164. The molecule has 0 unspecified atom stereocenters. The van der Waals surface area contributed by atoms with Crippen LogP contribution >= 0.6 is 0 Å². The van der Waals surface area contributed by atoms with Gasteiger partial charge in [-0.15, -0.1) is 0 Å². The van der Waals surface area contributed by atoms with E-state index in [1.807, 2.05) is 0 Å². The Morgan fingerprint density at radius 2 is 2.11 bits per heavy atom. The van der Waals surface area contributed by atoms with E-state index in [-0.39, 0.29) is 5.78 Å². The van der Waals surface area contributed by atoms with Crippen LogP contribution in [0, 0.1) is 0 Å². The number of Topliss-reactive ketones (excluding diaryl/α,β-unsaturated/α-hetero) is 1. The minimum absolute atomic E-state index is 0.164. The quantitative estimate of drug-likeness (QED) is 0.755. The molecule has 0 saturated heterocycles. The fourth-order valence-electron chi connectivity index (χ4n) is 1.81. The van der Waals surface area contributed by atoms with E-state index >= 15 is 0 Å². The molecular weight excluding hydrogens is 226 g/mol. The van der Waals surface area contributed by atoms with Crippen LogP contribution in [0.2, 0.25) is 0 Å². The number of carbonyl (C=O) groups excluding carboxylic acids is 1. The van der Waals surface area contributed by atoms with Crippen LogP contribution in [0.4, 0.5) is 0 Å². The fourth-order valence-corrected chi connectivity index (χ4v) is 1.81. The highest BCUT2D eigenvalue weighted by molar-refractivity contribution is 5.77. The van der Waals surface area contributed by atoms with E-state index in [0.717, 1.165) is 18.7 Å². The molecule has 1 N–H and O–H groups in total. The predicted octanol–water partition coefficient (Wildman–Crippen LogP) is 2.54. The summed E-state index contributed by atoms with van der Waals surface area (Å²) in [5, 5.41) is 3.12. The zero-order chi connectivity index (χ0) is 13.5. The Hall–Kier alpha value is -1.35. The zero-order valence-electron chi connectivity index (χ0n) is 11.7. The molecular formula is C15H23NO2. The first kappa shape index (κ1) is 14.7. The molecule has 0 fully saturated rings. The Morgan fingerprint density at radius 3 is 2.67 bits per heavy atom. The third-order valence-corrected chi connectivity index (χ3v) is 2.92. The second kappa shape index (κ2) is 7.17. The smallest absolute Gasteiger partial charge is 0.143 e. The lowest BCUT2D eigenvalue weighted by atomic mass is 10.00. The first-order valence-corrected chi connectivity index (χ1v) is 6.41. The van der Waals surface area contributed by atoms with Crippen molar-refractivity contribution in [1.82, 2.24) is 5.32 Å². The van der Waals surface area contributed by atoms with Crippen LogP contribution in [-0.2, 0) is 11.2 Å². The summed E-state index contributed by atoms with van der Waals surface area (Å²) in [6, 6.07) is 6.36. The van der Waals surface area contributed by atoms with Gasteiger partial charge in [0.25, 0.3) is 0 Å². The molecule has 0 spiro atoms. The predicted molar refractivity (Wildman–Crippen MR) is 74.3 cm³/mol. The molecule has 0 aliphatic rings. The highest BCUT2D eigenvalue weighted by atomic mass is 16.5. The number of hydrogen-bond donors (Lipinski definition) is 1. The number of benzene rings is 1. The summed E-state index contributed by atoms with van der Waals surface area (Å²) < 4.78 is 5.42. The second-order valence-electron chi connectivity index (χ2n) is 4.85. The van der Waals surface area contributed by atoms with Crippen molar-refractivity contribution >= 4 is 5.78 Å². The van der Waals surface area contributed by atoms with E-state index in [4.69, 9.17) is 4.74 Å². The van der Waals surface area contributed by atoms with Gasteiger partial charge < -0.3 is 10.1 Å². The molecule has 0 amide bonds. The van der Waals surface area contributed by atoms with Crippen molar-refractivity contribution in [2.24, 2.45) is 0 Å². The molecule has 1 aromatic rings. The molecule has 0 aliphatic heterocycles. The SMILES string of the molecule is COc1cc(C(C)C)ccc1CCNCC(C)=O. The molecule has 0 atom stereocenters. The maximum absolute atomic E-state index is 10.8. The van der Waals surface area contributed by atoms with Crippen LogP contribution in [0.1, 0.15) is 37.8 Å². The molecule has 0 saturated carbocycles. The second-order valence-corrected chi connectivity index (χ2v) is 4.85. The number of ether oxygens (including phenoxy) is 1. The third kappa shape index (κ3) is 4.49. The average molecular weight is 249 g/mol. The maximum atomic E-state index is 10.8. The van der Waals surface area contributed by atoms with Crippen LogP contribution in [0.15, 0.2) is 18.2 Å². The summed E-state index contributed by atoms with van der Waals surface area (Å²) in [5.74, 6) is 1.60. The zero-order valence-corrected chi connectivity index (χ0v) is 11.7. The lowest BCUT2D eigenvalue weighted by Crippen LogP contribution is -2.23. The van der Waals surface area contributed by atoms with Crippen molar-refractivity contribution in [3.63, 3.8) is 0 Å². The minimum Gasteiger partial charge on any atom is -0.496 e. The summed E-state index contributed by atoms with van der Waals surface area (Å²) in [7, 11) is 1.70. The average Bonchev–Trinajstić information content (AvgIpc) is 2.34. The Kier molecular flexibility index (Phi) is 5.86. The molecule has 3 heteroatoms. The van der Waals surface area contributed by atoms with Crippen molar-refractivity contribution in [2.75, 3.05) is 20.2 Å². The number of nitrogens with one attached hydrogen (secondary N) is 1. The van der Waals surface area contributed by atoms with Crippen molar-refractivity contribution < 1.29 is 9.53 Å². The lowest BCUT2D eigenvalue weighted by Gasteiger charge is -2.12. The number of hydrogen-bond acceptors (Lipinski definition) is 3. The van der Waals surface area contributed by atoms with Gasteiger partial charge in [0.2, 0.25) is 0 Å². The van der Waals surface area contributed by atoms with Gasteiger partial charge in [0.15, 0.2) is 0 Å². The van der Waals surface area contributed by atoms with Gasteiger partial charge in [-0.2, -0.15) is 0 Å². The molecule has 18 heavy (non-hydrogen) atoms. The van der Waals surface area contributed by atoms with Gasteiger partial charge in [0.1, 0.15) is 11.5 Å². The van der Waals surface area contributed by atoms with E-state index in [9.17, 15) is 4.79 Å². The van der Waals surface area contributed by atoms with Crippen molar-refractivity contribution in [3.05, 3.63) is 29.3 Å². The maximum Gasteiger partial charge on any atom is 0.143 e. The summed E-state index contributed by atoms with van der Waals surface area (Å²) >= 11 is 0. The first-order chi connectivity index (χ1) is 8.54. The molecule has 3 nitrogen and oxygen atoms in total. The normalized spacial score (nSPS) is 10.7. The molecule has 100 valence electrons. The first-order valence-electron chi connectivity index (χ1n) is 6.41. The molecule has 0 bridgehead atoms. The molecule has 1 aromatic carbocycles. The van der Waals surface area contributed by atoms with Crippen LogP contribution in [-0.4, -0.2) is 26.0 Å². The monoisotopic (exact) mass is 249 g/mol. The molecule has 0 aromatic heterocycles. The molecule has 0 aliphatic carbocycles. The molecule has 0 radical (unpaired) electrons. The molecule has 0 heterocycles. The van der Waals surface area contributed by atoms with Gasteiger partial charge in [-0.3, -0.25) is 4.79 Å². The van der Waals surface area contributed by atoms with Crippen molar-refractivity contribution in [2.45, 2.75) is 33.1 Å². The van der Waals surface area contributed by atoms with Crippen molar-refractivity contribution in [1.29, 1.82) is 0 Å². The van der Waals surface area contributed by atoms with E-state index in [0.29, 0.717) is 12.5 Å². The Bertz CT molecular complexity index is 399.